The van der Waals surface area contributed by atoms with Crippen molar-refractivity contribution in [3.63, 3.8) is 0 Å². The predicted octanol–water partition coefficient (Wildman–Crippen LogP) is 2.91. The normalized spacial score (nSPS) is 19.0. The van der Waals surface area contributed by atoms with Crippen LogP contribution in [0.2, 0.25) is 0 Å². The number of benzene rings is 1. The summed E-state index contributed by atoms with van der Waals surface area (Å²) in [5.74, 6) is -1.02. The molecule has 0 bridgehead atoms. The average molecular weight is 412 g/mol. The summed E-state index contributed by atoms with van der Waals surface area (Å²) in [6, 6.07) is 12.1. The van der Waals surface area contributed by atoms with Gasteiger partial charge < -0.3 is 5.32 Å². The van der Waals surface area contributed by atoms with E-state index < -0.39 is 23.4 Å². The number of hydrazine groups is 1. The van der Waals surface area contributed by atoms with Gasteiger partial charge in [0, 0.05) is 5.38 Å². The smallest absolute Gasteiger partial charge is 0.318 e. The molecule has 0 spiro atoms. The first-order chi connectivity index (χ1) is 13.5. The quantitative estimate of drug-likeness (QED) is 0.631. The van der Waals surface area contributed by atoms with Crippen molar-refractivity contribution in [2.24, 2.45) is 0 Å². The maximum absolute atomic E-state index is 12.8. The molecule has 4 amide bonds. The Balaban J connectivity index is 1.45. The second-order valence-electron chi connectivity index (χ2n) is 6.39. The monoisotopic (exact) mass is 412 g/mol. The molecule has 1 aliphatic heterocycles. The number of aromatic nitrogens is 1. The maximum Gasteiger partial charge on any atom is 0.344 e. The van der Waals surface area contributed by atoms with Crippen molar-refractivity contribution in [2.75, 3.05) is 0 Å². The molecule has 0 saturated carbocycles. The fourth-order valence-corrected chi connectivity index (χ4v) is 4.57. The van der Waals surface area contributed by atoms with E-state index in [0.29, 0.717) is 11.3 Å². The minimum Gasteiger partial charge on any atom is -0.318 e. The first-order valence-corrected chi connectivity index (χ1v) is 10.2. The number of rotatable bonds is 5. The van der Waals surface area contributed by atoms with Crippen molar-refractivity contribution >= 4 is 40.5 Å². The zero-order chi connectivity index (χ0) is 19.7. The van der Waals surface area contributed by atoms with Crippen molar-refractivity contribution in [1.82, 2.24) is 20.7 Å². The zero-order valence-electron chi connectivity index (χ0n) is 14.8. The highest BCUT2D eigenvalue weighted by atomic mass is 32.1. The van der Waals surface area contributed by atoms with Crippen LogP contribution >= 0.6 is 22.7 Å². The van der Waals surface area contributed by atoms with Crippen molar-refractivity contribution in [1.29, 1.82) is 0 Å². The Morgan fingerprint density at radius 2 is 1.96 bits per heavy atom. The van der Waals surface area contributed by atoms with E-state index in [1.165, 1.54) is 11.3 Å². The average Bonchev–Trinajstić information content (AvgIpc) is 3.41. The summed E-state index contributed by atoms with van der Waals surface area (Å²) in [6.07, 6.45) is -0.0268. The van der Waals surface area contributed by atoms with E-state index >= 15 is 0 Å². The van der Waals surface area contributed by atoms with E-state index in [9.17, 15) is 14.4 Å². The van der Waals surface area contributed by atoms with Crippen LogP contribution in [0.3, 0.4) is 0 Å². The van der Waals surface area contributed by atoms with Gasteiger partial charge in [0.2, 0.25) is 5.91 Å². The van der Waals surface area contributed by atoms with Crippen LogP contribution in [0.1, 0.15) is 18.2 Å². The third-order valence-corrected chi connectivity index (χ3v) is 6.33. The molecule has 1 aromatic carbocycles. The van der Waals surface area contributed by atoms with Crippen LogP contribution in [0.4, 0.5) is 4.79 Å². The lowest BCUT2D eigenvalue weighted by atomic mass is 9.92. The van der Waals surface area contributed by atoms with Gasteiger partial charge in [-0.2, -0.15) is 5.01 Å². The number of urea groups is 1. The number of thiazole rings is 1. The number of carbonyl (C=O) groups is 3. The Labute approximate surface area is 169 Å². The number of hydrogen-bond donors (Lipinski definition) is 2. The second-order valence-corrected chi connectivity index (χ2v) is 8.20. The summed E-state index contributed by atoms with van der Waals surface area (Å²) in [4.78, 5) is 43.0. The lowest BCUT2D eigenvalue weighted by Gasteiger charge is -2.22. The highest BCUT2D eigenvalue weighted by Gasteiger charge is 2.49. The molecule has 1 fully saturated rings. The molecule has 28 heavy (non-hydrogen) atoms. The number of hydrogen-bond acceptors (Lipinski definition) is 6. The van der Waals surface area contributed by atoms with Crippen molar-refractivity contribution in [3.8, 4) is 9.88 Å². The molecule has 9 heteroatoms. The number of nitrogens with zero attached hydrogens (tertiary/aromatic N) is 2. The molecule has 0 unspecified atom stereocenters. The van der Waals surface area contributed by atoms with E-state index in [0.717, 1.165) is 14.9 Å². The number of carbonyl (C=O) groups excluding carboxylic acids is 3. The standard InChI is InChI=1S/C19H16N4O3S2/c1-19(12-6-3-2-4-7-12)17(25)23(18(26)21-19)22-15(24)10-13-11-28-16(20-13)14-8-5-9-27-14/h2-9,11H,10H2,1H3,(H,21,26)(H,22,24)/t19-/m1/s1. The van der Waals surface area contributed by atoms with Crippen LogP contribution in [-0.2, 0) is 21.5 Å². The van der Waals surface area contributed by atoms with Gasteiger partial charge in [0.15, 0.2) is 0 Å². The third-order valence-electron chi connectivity index (χ3n) is 4.40. The summed E-state index contributed by atoms with van der Waals surface area (Å²) in [5.41, 5.74) is 2.40. The van der Waals surface area contributed by atoms with Crippen molar-refractivity contribution < 1.29 is 14.4 Å². The molecule has 3 aromatic rings. The highest BCUT2D eigenvalue weighted by molar-refractivity contribution is 7.20. The summed E-state index contributed by atoms with van der Waals surface area (Å²) in [6.45, 7) is 1.61. The van der Waals surface area contributed by atoms with E-state index in [2.05, 4.69) is 15.7 Å². The molecule has 3 heterocycles. The largest absolute Gasteiger partial charge is 0.344 e. The molecule has 2 N–H and O–H groups in total. The number of nitrogens with one attached hydrogen (secondary N) is 2. The Hall–Kier alpha value is -3.04. The minimum absolute atomic E-state index is 0.0268. The van der Waals surface area contributed by atoms with Crippen LogP contribution in [0.25, 0.3) is 9.88 Å². The van der Waals surface area contributed by atoms with Crippen LogP contribution in [-0.4, -0.2) is 27.8 Å². The highest BCUT2D eigenvalue weighted by Crippen LogP contribution is 2.29. The summed E-state index contributed by atoms with van der Waals surface area (Å²) >= 11 is 3.02. The summed E-state index contributed by atoms with van der Waals surface area (Å²) < 4.78 is 0. The summed E-state index contributed by atoms with van der Waals surface area (Å²) in [7, 11) is 0. The second kappa shape index (κ2) is 7.17. The molecule has 7 nitrogen and oxygen atoms in total. The van der Waals surface area contributed by atoms with E-state index in [1.807, 2.05) is 23.6 Å². The van der Waals surface area contributed by atoms with Gasteiger partial charge in [0.25, 0.3) is 5.91 Å². The van der Waals surface area contributed by atoms with Gasteiger partial charge in [-0.1, -0.05) is 36.4 Å². The Morgan fingerprint density at radius 3 is 2.68 bits per heavy atom. The van der Waals surface area contributed by atoms with E-state index in [1.54, 1.807) is 47.9 Å². The topological polar surface area (TPSA) is 91.4 Å². The van der Waals surface area contributed by atoms with Crippen LogP contribution in [0, 0.1) is 0 Å². The minimum atomic E-state index is -1.22. The van der Waals surface area contributed by atoms with Gasteiger partial charge in [-0.3, -0.25) is 15.0 Å². The number of imide groups is 1. The lowest BCUT2D eigenvalue weighted by molar-refractivity contribution is -0.138. The van der Waals surface area contributed by atoms with Crippen molar-refractivity contribution in [2.45, 2.75) is 18.9 Å². The SMILES string of the molecule is C[C@]1(c2ccccc2)NC(=O)N(NC(=O)Cc2csc(-c3cccs3)n2)C1=O. The van der Waals surface area contributed by atoms with Crippen LogP contribution in [0.5, 0.6) is 0 Å². The third kappa shape index (κ3) is 3.30. The molecule has 0 aliphatic carbocycles. The molecular formula is C19H16N4O3S2. The van der Waals surface area contributed by atoms with Gasteiger partial charge in [-0.05, 0) is 23.9 Å². The first-order valence-electron chi connectivity index (χ1n) is 8.47. The molecular weight excluding hydrogens is 396 g/mol. The molecule has 142 valence electrons. The van der Waals surface area contributed by atoms with Gasteiger partial charge in [-0.15, -0.1) is 22.7 Å². The molecule has 1 atom stereocenters. The van der Waals surface area contributed by atoms with Crippen LogP contribution in [0.15, 0.2) is 53.2 Å². The fraction of sp³-hybridized carbons (Fsp3) is 0.158. The zero-order valence-corrected chi connectivity index (χ0v) is 16.5. The lowest BCUT2D eigenvalue weighted by Crippen LogP contribution is -2.48. The molecule has 1 aliphatic rings. The fourth-order valence-electron chi connectivity index (χ4n) is 2.94. The Kier molecular flexibility index (Phi) is 4.70. The van der Waals surface area contributed by atoms with Gasteiger partial charge in [-0.25, -0.2) is 9.78 Å². The molecule has 2 aromatic heterocycles. The predicted molar refractivity (Wildman–Crippen MR) is 106 cm³/mol. The summed E-state index contributed by atoms with van der Waals surface area (Å²) in [5, 5.41) is 7.99. The molecule has 0 radical (unpaired) electrons. The van der Waals surface area contributed by atoms with Gasteiger partial charge in [0.05, 0.1) is 17.0 Å². The van der Waals surface area contributed by atoms with E-state index in [4.69, 9.17) is 0 Å². The Morgan fingerprint density at radius 1 is 1.18 bits per heavy atom. The van der Waals surface area contributed by atoms with Gasteiger partial charge >= 0.3 is 6.03 Å². The number of amides is 4. The van der Waals surface area contributed by atoms with Gasteiger partial charge in [0.1, 0.15) is 10.5 Å². The van der Waals surface area contributed by atoms with Crippen molar-refractivity contribution in [3.05, 3.63) is 64.5 Å². The molecule has 1 saturated heterocycles. The van der Waals surface area contributed by atoms with Crippen LogP contribution < -0.4 is 10.7 Å². The van der Waals surface area contributed by atoms with E-state index in [-0.39, 0.29) is 6.42 Å². The first kappa shape index (κ1) is 18.3. The number of thiophene rings is 1. The maximum atomic E-state index is 12.8. The Bertz CT molecular complexity index is 1030. The molecule has 4 rings (SSSR count).